The van der Waals surface area contributed by atoms with Crippen molar-refractivity contribution >= 4 is 23.4 Å². The van der Waals surface area contributed by atoms with E-state index in [-0.39, 0.29) is 29.9 Å². The van der Waals surface area contributed by atoms with Crippen LogP contribution in [0.2, 0.25) is 5.02 Å². The molecule has 3 atom stereocenters. The minimum Gasteiger partial charge on any atom is -0.373 e. The highest BCUT2D eigenvalue weighted by molar-refractivity contribution is 6.30. The van der Waals surface area contributed by atoms with Gasteiger partial charge < -0.3 is 20.3 Å². The van der Waals surface area contributed by atoms with Crippen molar-refractivity contribution in [2.24, 2.45) is 11.8 Å². The van der Waals surface area contributed by atoms with Crippen molar-refractivity contribution in [3.05, 3.63) is 34.9 Å². The maximum Gasteiger partial charge on any atom is 0.317 e. The number of rotatable bonds is 13. The maximum atomic E-state index is 13.3. The van der Waals surface area contributed by atoms with E-state index in [1.807, 2.05) is 37.1 Å². The molecule has 1 saturated carbocycles. The number of likely N-dealkylation sites (N-methyl/N-ethyl adjacent to an activating group) is 1. The highest BCUT2D eigenvalue weighted by atomic mass is 35.5. The SMILES string of the molecule is CCC(=O)CCCOC(c1cccc(Cl)c1)C1CCCN(C(=O)NC(CNC)CC2CCCCC2)C1. The fourth-order valence-electron chi connectivity index (χ4n) is 5.82. The summed E-state index contributed by atoms with van der Waals surface area (Å²) in [6.45, 7) is 4.65. The summed E-state index contributed by atoms with van der Waals surface area (Å²) in [6, 6.07) is 8.04. The van der Waals surface area contributed by atoms with Gasteiger partial charge in [0.1, 0.15) is 5.78 Å². The van der Waals surface area contributed by atoms with E-state index in [1.165, 1.54) is 32.1 Å². The number of carbonyl (C=O) groups is 2. The molecule has 36 heavy (non-hydrogen) atoms. The first-order valence-electron chi connectivity index (χ1n) is 14.1. The Labute approximate surface area is 222 Å². The highest BCUT2D eigenvalue weighted by Gasteiger charge is 2.32. The Morgan fingerprint density at radius 1 is 1.17 bits per heavy atom. The first kappa shape index (κ1) is 28.9. The van der Waals surface area contributed by atoms with Crippen molar-refractivity contribution in [2.75, 3.05) is 33.3 Å². The van der Waals surface area contributed by atoms with Crippen LogP contribution in [0, 0.1) is 11.8 Å². The van der Waals surface area contributed by atoms with Gasteiger partial charge in [-0.3, -0.25) is 4.79 Å². The van der Waals surface area contributed by atoms with E-state index in [4.69, 9.17) is 16.3 Å². The summed E-state index contributed by atoms with van der Waals surface area (Å²) in [5, 5.41) is 7.30. The van der Waals surface area contributed by atoms with Gasteiger partial charge in [-0.25, -0.2) is 4.79 Å². The number of likely N-dealkylation sites (tertiary alicyclic amines) is 1. The zero-order valence-electron chi connectivity index (χ0n) is 22.3. The van der Waals surface area contributed by atoms with Gasteiger partial charge in [-0.2, -0.15) is 0 Å². The number of piperidine rings is 1. The van der Waals surface area contributed by atoms with Crippen LogP contribution in [0.5, 0.6) is 0 Å². The van der Waals surface area contributed by atoms with Gasteiger partial charge in [0.25, 0.3) is 0 Å². The molecule has 1 aliphatic carbocycles. The van der Waals surface area contributed by atoms with Crippen molar-refractivity contribution in [3.63, 3.8) is 0 Å². The minimum absolute atomic E-state index is 0.0362. The Balaban J connectivity index is 1.62. The molecule has 7 heteroatoms. The Hall–Kier alpha value is -1.63. The lowest BCUT2D eigenvalue weighted by atomic mass is 9.85. The summed E-state index contributed by atoms with van der Waals surface area (Å²) in [5.41, 5.74) is 1.04. The number of urea groups is 1. The highest BCUT2D eigenvalue weighted by Crippen LogP contribution is 2.34. The molecule has 1 aromatic carbocycles. The zero-order valence-corrected chi connectivity index (χ0v) is 23.0. The molecule has 1 aromatic rings. The summed E-state index contributed by atoms with van der Waals surface area (Å²) in [6.07, 6.45) is 11.2. The van der Waals surface area contributed by atoms with Crippen molar-refractivity contribution in [3.8, 4) is 0 Å². The number of ketones is 1. The van der Waals surface area contributed by atoms with Crippen LogP contribution >= 0.6 is 11.6 Å². The lowest BCUT2D eigenvalue weighted by Crippen LogP contribution is -2.52. The molecule has 6 nitrogen and oxygen atoms in total. The van der Waals surface area contributed by atoms with Crippen molar-refractivity contribution in [2.45, 2.75) is 89.7 Å². The van der Waals surface area contributed by atoms with E-state index in [1.54, 1.807) is 0 Å². The molecule has 0 spiro atoms. The normalized spacial score (nSPS) is 20.6. The predicted octanol–water partition coefficient (Wildman–Crippen LogP) is 6.14. The standard InChI is InChI=1S/C29H46ClN3O3/c1-3-27(34)15-9-17-36-28(23-12-7-14-25(30)19-23)24-13-8-16-33(21-24)29(35)32-26(20-31-2)18-22-10-5-4-6-11-22/h7,12,14,19,22,24,26,28,31H,3-6,8-11,13,15-18,20-21H2,1-2H3,(H,32,35). The van der Waals surface area contributed by atoms with E-state index in [9.17, 15) is 9.59 Å². The molecular formula is C29H46ClN3O3. The molecule has 202 valence electrons. The van der Waals surface area contributed by atoms with Gasteiger partial charge in [0.2, 0.25) is 0 Å². The van der Waals surface area contributed by atoms with Gasteiger partial charge in [0.15, 0.2) is 0 Å². The Morgan fingerprint density at radius 3 is 2.69 bits per heavy atom. The number of carbonyl (C=O) groups excluding carboxylic acids is 2. The number of Topliss-reactive ketones (excluding diaryl/α,β-unsaturated/α-hetero) is 1. The Kier molecular flexibility index (Phi) is 12.5. The second-order valence-corrected chi connectivity index (χ2v) is 11.1. The number of hydrogen-bond acceptors (Lipinski definition) is 4. The van der Waals surface area contributed by atoms with Gasteiger partial charge in [-0.05, 0) is 56.3 Å². The fraction of sp³-hybridized carbons (Fsp3) is 0.724. The van der Waals surface area contributed by atoms with Gasteiger partial charge >= 0.3 is 6.03 Å². The van der Waals surface area contributed by atoms with Gasteiger partial charge in [0, 0.05) is 56.1 Å². The van der Waals surface area contributed by atoms with E-state index in [0.29, 0.717) is 43.4 Å². The first-order valence-corrected chi connectivity index (χ1v) is 14.5. The number of nitrogens with one attached hydrogen (secondary N) is 2. The summed E-state index contributed by atoms with van der Waals surface area (Å²) in [5.74, 6) is 1.17. The molecule has 1 aliphatic heterocycles. The average Bonchev–Trinajstić information content (AvgIpc) is 2.89. The molecule has 2 fully saturated rings. The first-order chi connectivity index (χ1) is 17.5. The van der Waals surface area contributed by atoms with Crippen LogP contribution in [0.3, 0.4) is 0 Å². The van der Waals surface area contributed by atoms with E-state index < -0.39 is 0 Å². The third-order valence-corrected chi connectivity index (χ3v) is 8.00. The average molecular weight is 520 g/mol. The predicted molar refractivity (Wildman–Crippen MR) is 146 cm³/mol. The molecule has 1 saturated heterocycles. The van der Waals surface area contributed by atoms with Crippen molar-refractivity contribution in [1.82, 2.24) is 15.5 Å². The number of ether oxygens (including phenoxy) is 1. The third kappa shape index (κ3) is 9.35. The number of benzene rings is 1. The second kappa shape index (κ2) is 15.6. The number of amides is 2. The minimum atomic E-state index is -0.147. The second-order valence-electron chi connectivity index (χ2n) is 10.6. The molecule has 0 aromatic heterocycles. The van der Waals surface area contributed by atoms with E-state index in [0.717, 1.165) is 37.9 Å². The Bertz CT molecular complexity index is 815. The summed E-state index contributed by atoms with van der Waals surface area (Å²) >= 11 is 6.31. The van der Waals surface area contributed by atoms with Crippen LogP contribution in [0.25, 0.3) is 0 Å². The molecule has 0 bridgehead atoms. The molecule has 3 rings (SSSR count). The maximum absolute atomic E-state index is 13.3. The van der Waals surface area contributed by atoms with Crippen LogP contribution in [-0.4, -0.2) is 56.0 Å². The Morgan fingerprint density at radius 2 is 1.97 bits per heavy atom. The topological polar surface area (TPSA) is 70.7 Å². The smallest absolute Gasteiger partial charge is 0.317 e. The van der Waals surface area contributed by atoms with Crippen LogP contribution < -0.4 is 10.6 Å². The largest absolute Gasteiger partial charge is 0.373 e. The number of nitrogens with zero attached hydrogens (tertiary/aromatic N) is 1. The van der Waals surface area contributed by atoms with E-state index in [2.05, 4.69) is 16.7 Å². The lowest BCUT2D eigenvalue weighted by molar-refractivity contribution is -0.119. The fourth-order valence-corrected chi connectivity index (χ4v) is 6.02. The van der Waals surface area contributed by atoms with Gasteiger partial charge in [-0.1, -0.05) is 62.8 Å². The van der Waals surface area contributed by atoms with Crippen LogP contribution in [0.1, 0.15) is 89.2 Å². The van der Waals surface area contributed by atoms with Crippen LogP contribution in [0.15, 0.2) is 24.3 Å². The van der Waals surface area contributed by atoms with Gasteiger partial charge in [-0.15, -0.1) is 0 Å². The molecule has 2 N–H and O–H groups in total. The molecule has 2 amide bonds. The monoisotopic (exact) mass is 519 g/mol. The molecular weight excluding hydrogens is 474 g/mol. The molecule has 1 heterocycles. The summed E-state index contributed by atoms with van der Waals surface area (Å²) in [7, 11) is 1.96. The molecule has 2 aliphatic rings. The lowest BCUT2D eigenvalue weighted by Gasteiger charge is -2.38. The van der Waals surface area contributed by atoms with Crippen molar-refractivity contribution in [1.29, 1.82) is 0 Å². The molecule has 0 radical (unpaired) electrons. The van der Waals surface area contributed by atoms with E-state index >= 15 is 0 Å². The zero-order chi connectivity index (χ0) is 25.8. The number of hydrogen-bond donors (Lipinski definition) is 2. The van der Waals surface area contributed by atoms with Crippen LogP contribution in [0.4, 0.5) is 4.79 Å². The quantitative estimate of drug-likeness (QED) is 0.307. The van der Waals surface area contributed by atoms with Crippen LogP contribution in [-0.2, 0) is 9.53 Å². The summed E-state index contributed by atoms with van der Waals surface area (Å²) in [4.78, 5) is 27.0. The molecule has 3 unspecified atom stereocenters. The third-order valence-electron chi connectivity index (χ3n) is 7.76. The van der Waals surface area contributed by atoms with Crippen molar-refractivity contribution < 1.29 is 14.3 Å². The number of halogens is 1. The van der Waals surface area contributed by atoms with Gasteiger partial charge in [0.05, 0.1) is 6.10 Å². The summed E-state index contributed by atoms with van der Waals surface area (Å²) < 4.78 is 6.39.